The standard InChI is InChI=1S/C10H17N3O3S/c1-3-9-11-6-10(12-9)17(14,15)13-5-4-8(7-13)16-2/h6,8H,3-5,7H2,1-2H3,(H,11,12). The lowest BCUT2D eigenvalue weighted by atomic mass is 10.3. The largest absolute Gasteiger partial charge is 0.380 e. The third-order valence-electron chi connectivity index (χ3n) is 3.00. The second-order valence-corrected chi connectivity index (χ2v) is 5.96. The van der Waals surface area contributed by atoms with Crippen molar-refractivity contribution in [3.05, 3.63) is 12.0 Å². The van der Waals surface area contributed by atoms with E-state index < -0.39 is 10.0 Å². The van der Waals surface area contributed by atoms with E-state index in [2.05, 4.69) is 9.97 Å². The molecule has 0 spiro atoms. The zero-order valence-electron chi connectivity index (χ0n) is 10.0. The minimum absolute atomic E-state index is 0.00154. The van der Waals surface area contributed by atoms with Crippen LogP contribution in [0.4, 0.5) is 0 Å². The fraction of sp³-hybridized carbons (Fsp3) is 0.700. The molecule has 6 nitrogen and oxygen atoms in total. The van der Waals surface area contributed by atoms with Crippen LogP contribution in [0.15, 0.2) is 11.2 Å². The Balaban J connectivity index is 2.19. The first-order valence-electron chi connectivity index (χ1n) is 5.64. The first-order valence-corrected chi connectivity index (χ1v) is 7.08. The monoisotopic (exact) mass is 259 g/mol. The predicted molar refractivity (Wildman–Crippen MR) is 62.1 cm³/mol. The molecule has 0 aromatic carbocycles. The molecule has 0 aliphatic carbocycles. The lowest BCUT2D eigenvalue weighted by Gasteiger charge is -2.14. The third-order valence-corrected chi connectivity index (χ3v) is 4.77. The van der Waals surface area contributed by atoms with Crippen LogP contribution in [0, 0.1) is 0 Å². The quantitative estimate of drug-likeness (QED) is 0.848. The van der Waals surface area contributed by atoms with Gasteiger partial charge < -0.3 is 9.72 Å². The summed E-state index contributed by atoms with van der Waals surface area (Å²) in [6.07, 6.45) is 2.81. The Morgan fingerprint density at radius 2 is 2.41 bits per heavy atom. The average Bonchev–Trinajstić information content (AvgIpc) is 2.98. The number of nitrogens with one attached hydrogen (secondary N) is 1. The van der Waals surface area contributed by atoms with E-state index in [-0.39, 0.29) is 11.1 Å². The van der Waals surface area contributed by atoms with Crippen LogP contribution in [0.25, 0.3) is 0 Å². The molecule has 2 heterocycles. The van der Waals surface area contributed by atoms with Crippen LogP contribution < -0.4 is 0 Å². The van der Waals surface area contributed by atoms with E-state index in [1.54, 1.807) is 7.11 Å². The van der Waals surface area contributed by atoms with Gasteiger partial charge in [-0.2, -0.15) is 4.31 Å². The smallest absolute Gasteiger partial charge is 0.260 e. The average molecular weight is 259 g/mol. The van der Waals surface area contributed by atoms with Crippen molar-refractivity contribution in [2.75, 3.05) is 20.2 Å². The number of rotatable bonds is 4. The van der Waals surface area contributed by atoms with Crippen LogP contribution in [0.3, 0.4) is 0 Å². The molecule has 0 saturated carbocycles. The summed E-state index contributed by atoms with van der Waals surface area (Å²) in [6, 6.07) is 0. The van der Waals surface area contributed by atoms with Gasteiger partial charge in [-0.3, -0.25) is 0 Å². The van der Waals surface area contributed by atoms with Crippen LogP contribution in [-0.4, -0.2) is 49.0 Å². The summed E-state index contributed by atoms with van der Waals surface area (Å²) in [5, 5.41) is 0.172. The topological polar surface area (TPSA) is 75.3 Å². The Kier molecular flexibility index (Phi) is 3.50. The van der Waals surface area contributed by atoms with Crippen LogP contribution in [-0.2, 0) is 21.2 Å². The molecular formula is C10H17N3O3S. The first kappa shape index (κ1) is 12.5. The van der Waals surface area contributed by atoms with E-state index in [1.807, 2.05) is 6.92 Å². The van der Waals surface area contributed by atoms with Crippen molar-refractivity contribution in [1.29, 1.82) is 0 Å². The fourth-order valence-electron chi connectivity index (χ4n) is 1.90. The van der Waals surface area contributed by atoms with Gasteiger partial charge in [-0.05, 0) is 6.42 Å². The van der Waals surface area contributed by atoms with Gasteiger partial charge >= 0.3 is 0 Å². The SMILES string of the molecule is CCc1ncc(S(=O)(=O)N2CCC(OC)C2)[nH]1. The van der Waals surface area contributed by atoms with Crippen molar-refractivity contribution in [3.63, 3.8) is 0 Å². The molecule has 1 saturated heterocycles. The van der Waals surface area contributed by atoms with E-state index in [0.717, 1.165) is 6.42 Å². The number of aryl methyl sites for hydroxylation is 1. The van der Waals surface area contributed by atoms with E-state index >= 15 is 0 Å². The molecule has 1 N–H and O–H groups in total. The Morgan fingerprint density at radius 1 is 1.65 bits per heavy atom. The number of aromatic amines is 1. The lowest BCUT2D eigenvalue weighted by Crippen LogP contribution is -2.30. The van der Waals surface area contributed by atoms with Gasteiger partial charge in [0.1, 0.15) is 5.82 Å². The molecule has 1 aliphatic rings. The number of nitrogens with zero attached hydrogens (tertiary/aromatic N) is 2. The Labute approximate surface area is 101 Å². The van der Waals surface area contributed by atoms with E-state index in [1.165, 1.54) is 10.5 Å². The molecule has 7 heteroatoms. The summed E-state index contributed by atoms with van der Waals surface area (Å²) in [5.74, 6) is 0.686. The highest BCUT2D eigenvalue weighted by atomic mass is 32.2. The molecule has 1 unspecified atom stereocenters. The maximum Gasteiger partial charge on any atom is 0.260 e. The number of aromatic nitrogens is 2. The number of methoxy groups -OCH3 is 1. The van der Waals surface area contributed by atoms with E-state index in [4.69, 9.17) is 4.74 Å². The van der Waals surface area contributed by atoms with Crippen molar-refractivity contribution in [2.24, 2.45) is 0 Å². The van der Waals surface area contributed by atoms with Crippen molar-refractivity contribution < 1.29 is 13.2 Å². The van der Waals surface area contributed by atoms with Gasteiger partial charge in [-0.15, -0.1) is 0 Å². The highest BCUT2D eigenvalue weighted by Gasteiger charge is 2.33. The summed E-state index contributed by atoms with van der Waals surface area (Å²) < 4.78 is 31.1. The van der Waals surface area contributed by atoms with Gasteiger partial charge in [0.15, 0.2) is 5.03 Å². The van der Waals surface area contributed by atoms with Gasteiger partial charge in [-0.1, -0.05) is 6.92 Å². The molecule has 1 fully saturated rings. The van der Waals surface area contributed by atoms with Crippen molar-refractivity contribution in [3.8, 4) is 0 Å². The second kappa shape index (κ2) is 4.75. The minimum atomic E-state index is -3.44. The molecule has 0 radical (unpaired) electrons. The molecular weight excluding hydrogens is 242 g/mol. The zero-order valence-corrected chi connectivity index (χ0v) is 10.8. The van der Waals surface area contributed by atoms with Crippen LogP contribution in [0.2, 0.25) is 0 Å². The molecule has 0 bridgehead atoms. The number of imidazole rings is 1. The van der Waals surface area contributed by atoms with Crippen molar-refractivity contribution >= 4 is 10.0 Å². The van der Waals surface area contributed by atoms with Gasteiger partial charge in [0, 0.05) is 26.6 Å². The molecule has 1 aromatic heterocycles. The van der Waals surface area contributed by atoms with Gasteiger partial charge in [0.2, 0.25) is 0 Å². The van der Waals surface area contributed by atoms with Crippen molar-refractivity contribution in [1.82, 2.24) is 14.3 Å². The number of hydrogen-bond acceptors (Lipinski definition) is 4. The highest BCUT2D eigenvalue weighted by Crippen LogP contribution is 2.20. The third kappa shape index (κ3) is 2.36. The van der Waals surface area contributed by atoms with Gasteiger partial charge in [0.25, 0.3) is 10.0 Å². The zero-order chi connectivity index (χ0) is 12.5. The van der Waals surface area contributed by atoms with Crippen molar-refractivity contribution in [2.45, 2.75) is 30.9 Å². The molecule has 1 aliphatic heterocycles. The maximum atomic E-state index is 12.2. The summed E-state index contributed by atoms with van der Waals surface area (Å²) in [4.78, 5) is 6.85. The second-order valence-electron chi connectivity index (χ2n) is 4.06. The Hall–Kier alpha value is -0.920. The Morgan fingerprint density at radius 3 is 2.94 bits per heavy atom. The number of H-pyrrole nitrogens is 1. The highest BCUT2D eigenvalue weighted by molar-refractivity contribution is 7.89. The molecule has 1 aromatic rings. The molecule has 96 valence electrons. The number of hydrogen-bond donors (Lipinski definition) is 1. The molecule has 2 rings (SSSR count). The summed E-state index contributed by atoms with van der Waals surface area (Å²) >= 11 is 0. The summed E-state index contributed by atoms with van der Waals surface area (Å²) in [6.45, 7) is 2.84. The predicted octanol–water partition coefficient (Wildman–Crippen LogP) is 0.382. The molecule has 0 amide bonds. The first-order chi connectivity index (χ1) is 8.07. The van der Waals surface area contributed by atoms with Gasteiger partial charge in [0.05, 0.1) is 12.3 Å². The van der Waals surface area contributed by atoms with Gasteiger partial charge in [-0.25, -0.2) is 13.4 Å². The maximum absolute atomic E-state index is 12.2. The normalized spacial score (nSPS) is 22.1. The lowest BCUT2D eigenvalue weighted by molar-refractivity contribution is 0.115. The number of sulfonamides is 1. The van der Waals surface area contributed by atoms with Crippen LogP contribution in [0.1, 0.15) is 19.2 Å². The number of ether oxygens (including phenoxy) is 1. The Bertz CT molecular complexity index is 483. The molecule has 17 heavy (non-hydrogen) atoms. The summed E-state index contributed by atoms with van der Waals surface area (Å²) in [7, 11) is -1.83. The summed E-state index contributed by atoms with van der Waals surface area (Å²) in [5.41, 5.74) is 0. The fourth-order valence-corrected chi connectivity index (χ4v) is 3.32. The van der Waals surface area contributed by atoms with E-state index in [0.29, 0.717) is 25.3 Å². The van der Waals surface area contributed by atoms with E-state index in [9.17, 15) is 8.42 Å². The van der Waals surface area contributed by atoms with Crippen LogP contribution >= 0.6 is 0 Å². The minimum Gasteiger partial charge on any atom is -0.380 e. The molecule has 1 atom stereocenters. The van der Waals surface area contributed by atoms with Crippen LogP contribution in [0.5, 0.6) is 0 Å².